The number of carbonyl (C=O) groups excluding carboxylic acids is 1. The molecule has 0 aliphatic rings. The van der Waals surface area contributed by atoms with Crippen LogP contribution in [0.25, 0.3) is 27.8 Å². The Kier molecular flexibility index (Phi) is 3.43. The van der Waals surface area contributed by atoms with Crippen molar-refractivity contribution in [2.24, 2.45) is 0 Å². The van der Waals surface area contributed by atoms with Gasteiger partial charge in [-0.2, -0.15) is 0 Å². The van der Waals surface area contributed by atoms with Gasteiger partial charge in [0, 0.05) is 29.2 Å². The first-order valence-electron chi connectivity index (χ1n) is 7.71. The van der Waals surface area contributed by atoms with E-state index in [2.05, 4.69) is 22.1 Å². The minimum Gasteiger partial charge on any atom is -0.299 e. The molecule has 0 aliphatic heterocycles. The molecule has 0 amide bonds. The normalized spacial score (nSPS) is 10.9. The minimum absolute atomic E-state index is 0.0463. The van der Waals surface area contributed by atoms with Crippen LogP contribution in [0.1, 0.15) is 17.3 Å². The van der Waals surface area contributed by atoms with Crippen LogP contribution in [0.2, 0.25) is 0 Å². The van der Waals surface area contributed by atoms with Crippen LogP contribution >= 0.6 is 0 Å². The number of hydrogen-bond donors (Lipinski definition) is 0. The first-order chi connectivity index (χ1) is 11.7. The molecule has 4 nitrogen and oxygen atoms in total. The van der Waals surface area contributed by atoms with Crippen molar-refractivity contribution in [2.45, 2.75) is 6.92 Å². The molecular weight excluding hydrogens is 298 g/mol. The van der Waals surface area contributed by atoms with Crippen LogP contribution in [0.3, 0.4) is 0 Å². The summed E-state index contributed by atoms with van der Waals surface area (Å²) in [6.45, 7) is 1.57. The van der Waals surface area contributed by atoms with E-state index in [1.165, 1.54) is 0 Å². The van der Waals surface area contributed by atoms with E-state index in [0.717, 1.165) is 27.8 Å². The molecule has 0 radical (unpaired) electrons. The highest BCUT2D eigenvalue weighted by Gasteiger charge is 2.08. The Bertz CT molecular complexity index is 1040. The zero-order valence-corrected chi connectivity index (χ0v) is 13.2. The zero-order valence-electron chi connectivity index (χ0n) is 13.2. The Labute approximate surface area is 139 Å². The van der Waals surface area contributed by atoms with E-state index in [-0.39, 0.29) is 5.78 Å². The van der Waals surface area contributed by atoms with Crippen LogP contribution in [0.15, 0.2) is 73.3 Å². The molecule has 0 bridgehead atoms. The van der Waals surface area contributed by atoms with Crippen LogP contribution in [0.4, 0.5) is 0 Å². The van der Waals surface area contributed by atoms with E-state index >= 15 is 0 Å². The SMILES string of the molecule is CC(=O)c1ccc2c(c1)ncn2-c1cccc(-c2cccnc2)c1. The summed E-state index contributed by atoms with van der Waals surface area (Å²) in [5.41, 5.74) is 5.66. The second kappa shape index (κ2) is 5.74. The molecule has 116 valence electrons. The molecule has 4 aromatic rings. The smallest absolute Gasteiger partial charge is 0.159 e. The van der Waals surface area contributed by atoms with E-state index < -0.39 is 0 Å². The summed E-state index contributed by atoms with van der Waals surface area (Å²) in [6.07, 6.45) is 5.41. The monoisotopic (exact) mass is 313 g/mol. The number of imidazole rings is 1. The van der Waals surface area contributed by atoms with Gasteiger partial charge in [-0.3, -0.25) is 14.3 Å². The number of Topliss-reactive ketones (excluding diaryl/α,β-unsaturated/α-hetero) is 1. The summed E-state index contributed by atoms with van der Waals surface area (Å²) in [6, 6.07) is 17.8. The van der Waals surface area contributed by atoms with Gasteiger partial charge in [0.2, 0.25) is 0 Å². The van der Waals surface area contributed by atoms with Gasteiger partial charge in [0.15, 0.2) is 5.78 Å². The summed E-state index contributed by atoms with van der Waals surface area (Å²) < 4.78 is 2.03. The predicted molar refractivity (Wildman–Crippen MR) is 94.3 cm³/mol. The average molecular weight is 313 g/mol. The van der Waals surface area contributed by atoms with Crippen LogP contribution < -0.4 is 0 Å². The minimum atomic E-state index is 0.0463. The van der Waals surface area contributed by atoms with Gasteiger partial charge in [0.05, 0.1) is 11.0 Å². The van der Waals surface area contributed by atoms with Gasteiger partial charge in [0.1, 0.15) is 6.33 Å². The molecular formula is C20H15N3O. The highest BCUT2D eigenvalue weighted by atomic mass is 16.1. The van der Waals surface area contributed by atoms with Gasteiger partial charge in [0.25, 0.3) is 0 Å². The number of fused-ring (bicyclic) bond motifs is 1. The van der Waals surface area contributed by atoms with Gasteiger partial charge < -0.3 is 0 Å². The first-order valence-corrected chi connectivity index (χ1v) is 7.71. The fourth-order valence-electron chi connectivity index (χ4n) is 2.81. The Morgan fingerprint density at radius 2 is 1.88 bits per heavy atom. The molecule has 2 heterocycles. The maximum atomic E-state index is 11.5. The number of nitrogens with zero attached hydrogens (tertiary/aromatic N) is 3. The van der Waals surface area contributed by atoms with Crippen molar-refractivity contribution in [3.05, 3.63) is 78.9 Å². The fourth-order valence-corrected chi connectivity index (χ4v) is 2.81. The van der Waals surface area contributed by atoms with Gasteiger partial charge in [-0.05, 0) is 48.9 Å². The highest BCUT2D eigenvalue weighted by Crippen LogP contribution is 2.24. The molecule has 4 heteroatoms. The molecule has 4 rings (SSSR count). The third-order valence-corrected chi connectivity index (χ3v) is 4.07. The molecule has 0 unspecified atom stereocenters. The second-order valence-corrected chi connectivity index (χ2v) is 5.67. The number of rotatable bonds is 3. The van der Waals surface area contributed by atoms with Crippen molar-refractivity contribution in [3.63, 3.8) is 0 Å². The Morgan fingerprint density at radius 3 is 2.67 bits per heavy atom. The van der Waals surface area contributed by atoms with Crippen molar-refractivity contribution >= 4 is 16.8 Å². The molecule has 0 saturated heterocycles. The van der Waals surface area contributed by atoms with Crippen molar-refractivity contribution in [1.82, 2.24) is 14.5 Å². The molecule has 0 saturated carbocycles. The maximum Gasteiger partial charge on any atom is 0.159 e. The molecule has 2 aromatic heterocycles. The van der Waals surface area contributed by atoms with E-state index in [4.69, 9.17) is 0 Å². The summed E-state index contributed by atoms with van der Waals surface area (Å²) in [5, 5.41) is 0. The largest absolute Gasteiger partial charge is 0.299 e. The summed E-state index contributed by atoms with van der Waals surface area (Å²) in [7, 11) is 0. The number of ketones is 1. The Balaban J connectivity index is 1.82. The van der Waals surface area contributed by atoms with Gasteiger partial charge in [-0.25, -0.2) is 4.98 Å². The van der Waals surface area contributed by atoms with E-state index in [0.29, 0.717) is 5.56 Å². The van der Waals surface area contributed by atoms with Crippen LogP contribution in [0, 0.1) is 0 Å². The average Bonchev–Trinajstić information content (AvgIpc) is 3.06. The quantitative estimate of drug-likeness (QED) is 0.530. The number of aromatic nitrogens is 3. The van der Waals surface area contributed by atoms with Gasteiger partial charge in [-0.1, -0.05) is 18.2 Å². The summed E-state index contributed by atoms with van der Waals surface area (Å²) in [5.74, 6) is 0.0463. The van der Waals surface area contributed by atoms with Crippen molar-refractivity contribution < 1.29 is 4.79 Å². The Morgan fingerprint density at radius 1 is 1.00 bits per heavy atom. The predicted octanol–water partition coefficient (Wildman–Crippen LogP) is 4.29. The lowest BCUT2D eigenvalue weighted by Crippen LogP contribution is -1.94. The summed E-state index contributed by atoms with van der Waals surface area (Å²) >= 11 is 0. The topological polar surface area (TPSA) is 47.8 Å². The first kappa shape index (κ1) is 14.3. The van der Waals surface area contributed by atoms with Crippen molar-refractivity contribution in [3.8, 4) is 16.8 Å². The lowest BCUT2D eigenvalue weighted by molar-refractivity contribution is 0.101. The second-order valence-electron chi connectivity index (χ2n) is 5.67. The highest BCUT2D eigenvalue weighted by molar-refractivity contribution is 5.97. The van der Waals surface area contributed by atoms with Crippen LogP contribution in [0.5, 0.6) is 0 Å². The molecule has 0 spiro atoms. The molecule has 0 atom stereocenters. The number of benzene rings is 2. The van der Waals surface area contributed by atoms with E-state index in [1.807, 2.05) is 53.2 Å². The third kappa shape index (κ3) is 2.48. The van der Waals surface area contributed by atoms with Crippen LogP contribution in [-0.2, 0) is 0 Å². The Hall–Kier alpha value is -3.27. The molecule has 24 heavy (non-hydrogen) atoms. The molecule has 0 N–H and O–H groups in total. The molecule has 0 fully saturated rings. The number of pyridine rings is 1. The zero-order chi connectivity index (χ0) is 16.5. The number of hydrogen-bond acceptors (Lipinski definition) is 3. The molecule has 0 aliphatic carbocycles. The van der Waals surface area contributed by atoms with Gasteiger partial charge in [-0.15, -0.1) is 0 Å². The lowest BCUT2D eigenvalue weighted by atomic mass is 10.1. The van der Waals surface area contributed by atoms with Gasteiger partial charge >= 0.3 is 0 Å². The maximum absolute atomic E-state index is 11.5. The fraction of sp³-hybridized carbons (Fsp3) is 0.0500. The summed E-state index contributed by atoms with van der Waals surface area (Å²) in [4.78, 5) is 20.1. The number of carbonyl (C=O) groups is 1. The molecule has 2 aromatic carbocycles. The van der Waals surface area contributed by atoms with Crippen molar-refractivity contribution in [2.75, 3.05) is 0 Å². The lowest BCUT2D eigenvalue weighted by Gasteiger charge is -2.07. The third-order valence-electron chi connectivity index (χ3n) is 4.07. The van der Waals surface area contributed by atoms with E-state index in [1.54, 1.807) is 19.4 Å². The van der Waals surface area contributed by atoms with Crippen molar-refractivity contribution in [1.29, 1.82) is 0 Å². The standard InChI is InChI=1S/C20H15N3O/c1-14(24)15-7-8-20-19(11-15)22-13-23(20)18-6-2-4-16(10-18)17-5-3-9-21-12-17/h2-13H,1H3. The van der Waals surface area contributed by atoms with E-state index in [9.17, 15) is 4.79 Å². The van der Waals surface area contributed by atoms with Crippen LogP contribution in [-0.4, -0.2) is 20.3 Å².